The van der Waals surface area contributed by atoms with Crippen molar-refractivity contribution in [2.24, 2.45) is 11.8 Å². The zero-order chi connectivity index (χ0) is 22.6. The van der Waals surface area contributed by atoms with Crippen LogP contribution in [0.3, 0.4) is 0 Å². The van der Waals surface area contributed by atoms with E-state index >= 15 is 0 Å². The van der Waals surface area contributed by atoms with Gasteiger partial charge in [0, 0.05) is 8.95 Å². The molecule has 0 bridgehead atoms. The summed E-state index contributed by atoms with van der Waals surface area (Å²) in [6.07, 6.45) is 3.32. The second-order valence-corrected chi connectivity index (χ2v) is 11.3. The fourth-order valence-electron chi connectivity index (χ4n) is 6.12. The summed E-state index contributed by atoms with van der Waals surface area (Å²) in [7, 11) is 0. The molecule has 2 aromatic rings. The first kappa shape index (κ1) is 22.1. The third-order valence-electron chi connectivity index (χ3n) is 7.67. The topological polar surface area (TPSA) is 40.6 Å². The summed E-state index contributed by atoms with van der Waals surface area (Å²) in [5.74, 6) is 0.835. The Morgan fingerprint density at radius 2 is 1.03 bits per heavy atom. The molecule has 0 unspecified atom stereocenters. The van der Waals surface area contributed by atoms with Crippen LogP contribution in [-0.2, 0) is 9.59 Å². The quantitative estimate of drug-likeness (QED) is 0.435. The molecule has 168 valence electrons. The molecule has 0 spiro atoms. The van der Waals surface area contributed by atoms with Crippen molar-refractivity contribution in [1.29, 1.82) is 0 Å². The molecule has 2 aromatic carbocycles. The number of nitrogens with zero attached hydrogens (tertiary/aromatic N) is 2. The van der Waals surface area contributed by atoms with Crippen molar-refractivity contribution < 1.29 is 9.59 Å². The van der Waals surface area contributed by atoms with Gasteiger partial charge in [0.15, 0.2) is 0 Å². The maximum absolute atomic E-state index is 14.1. The van der Waals surface area contributed by atoms with Crippen LogP contribution >= 0.6 is 31.9 Å². The maximum atomic E-state index is 14.1. The summed E-state index contributed by atoms with van der Waals surface area (Å²) >= 11 is 7.39. The molecule has 3 aliphatic heterocycles. The van der Waals surface area contributed by atoms with Gasteiger partial charge in [-0.3, -0.25) is 9.59 Å². The van der Waals surface area contributed by atoms with Crippen molar-refractivity contribution in [1.82, 2.24) is 9.80 Å². The molecule has 6 heteroatoms. The molecular weight excluding hydrogens is 532 g/mol. The second kappa shape index (κ2) is 8.60. The second-order valence-electron chi connectivity index (χ2n) is 9.56. The minimum Gasteiger partial charge on any atom is -0.322 e. The number of rotatable bonds is 2. The van der Waals surface area contributed by atoms with Gasteiger partial charge in [-0.15, -0.1) is 0 Å². The first-order valence-corrected chi connectivity index (χ1v) is 13.1. The van der Waals surface area contributed by atoms with Gasteiger partial charge >= 0.3 is 0 Å². The van der Waals surface area contributed by atoms with Crippen LogP contribution in [0.15, 0.2) is 57.5 Å². The van der Waals surface area contributed by atoms with Gasteiger partial charge in [0.1, 0.15) is 12.1 Å². The van der Waals surface area contributed by atoms with E-state index in [1.807, 2.05) is 46.2 Å². The highest BCUT2D eigenvalue weighted by atomic mass is 79.9. The predicted octanol–water partition coefficient (Wildman–Crippen LogP) is 6.26. The molecule has 0 saturated carbocycles. The lowest BCUT2D eigenvalue weighted by molar-refractivity contribution is -0.177. The Hall–Kier alpha value is -1.66. The van der Waals surface area contributed by atoms with Gasteiger partial charge in [-0.05, 0) is 60.8 Å². The van der Waals surface area contributed by atoms with Crippen LogP contribution in [0.4, 0.5) is 0 Å². The van der Waals surface area contributed by atoms with Crippen molar-refractivity contribution in [3.05, 3.63) is 68.6 Å². The number of piperazine rings is 1. The third-order valence-corrected chi connectivity index (χ3v) is 9.11. The lowest BCUT2D eigenvalue weighted by Crippen LogP contribution is -2.69. The van der Waals surface area contributed by atoms with E-state index in [4.69, 9.17) is 0 Å². The number of fused-ring (bicyclic) bond motifs is 2. The lowest BCUT2D eigenvalue weighted by atomic mass is 9.76. The van der Waals surface area contributed by atoms with Crippen molar-refractivity contribution in [3.8, 4) is 0 Å². The van der Waals surface area contributed by atoms with E-state index in [1.165, 1.54) is 0 Å². The van der Waals surface area contributed by atoms with Crippen LogP contribution < -0.4 is 0 Å². The zero-order valence-corrected chi connectivity index (χ0v) is 21.6. The highest BCUT2D eigenvalue weighted by Crippen LogP contribution is 2.49. The van der Waals surface area contributed by atoms with Gasteiger partial charge in [0.2, 0.25) is 11.8 Å². The fraction of sp³-hybridized carbons (Fsp3) is 0.462. The lowest BCUT2D eigenvalue weighted by Gasteiger charge is -2.56. The molecule has 4 nitrogen and oxygen atoms in total. The SMILES string of the molecule is C[C@H]1CC[C@H]2C(=O)N3[C@H](c4ccccc4Br)[C@@H](C)CC[C@H]3C(=O)N2[C@@H]1c1ccccc1Br. The first-order chi connectivity index (χ1) is 15.4. The molecule has 32 heavy (non-hydrogen) atoms. The van der Waals surface area contributed by atoms with Gasteiger partial charge in [-0.2, -0.15) is 0 Å². The molecule has 3 heterocycles. The number of halogens is 2. The summed E-state index contributed by atoms with van der Waals surface area (Å²) in [4.78, 5) is 32.0. The molecular formula is C26H28Br2N2O2. The normalized spacial score (nSPS) is 32.5. The zero-order valence-electron chi connectivity index (χ0n) is 18.4. The minimum atomic E-state index is -0.387. The van der Waals surface area contributed by atoms with E-state index in [9.17, 15) is 9.59 Å². The summed E-state index contributed by atoms with van der Waals surface area (Å²) in [6.45, 7) is 4.41. The molecule has 3 aliphatic rings. The van der Waals surface area contributed by atoms with Crippen molar-refractivity contribution in [2.75, 3.05) is 0 Å². The summed E-state index contributed by atoms with van der Waals surface area (Å²) in [6, 6.07) is 15.3. The third kappa shape index (κ3) is 3.45. The average Bonchev–Trinajstić information content (AvgIpc) is 2.78. The van der Waals surface area contributed by atoms with Crippen molar-refractivity contribution in [3.63, 3.8) is 0 Å². The highest BCUT2D eigenvalue weighted by molar-refractivity contribution is 9.10. The van der Waals surface area contributed by atoms with Crippen LogP contribution in [0.2, 0.25) is 0 Å². The molecule has 3 saturated heterocycles. The number of benzene rings is 2. The molecule has 5 rings (SSSR count). The summed E-state index contributed by atoms with van der Waals surface area (Å²) in [5.41, 5.74) is 2.21. The predicted molar refractivity (Wildman–Crippen MR) is 132 cm³/mol. The van der Waals surface area contributed by atoms with E-state index in [1.54, 1.807) is 0 Å². The monoisotopic (exact) mass is 558 g/mol. The summed E-state index contributed by atoms with van der Waals surface area (Å²) < 4.78 is 2.01. The molecule has 0 aliphatic carbocycles. The molecule has 0 N–H and O–H groups in total. The Morgan fingerprint density at radius 1 is 0.656 bits per heavy atom. The number of hydrogen-bond donors (Lipinski definition) is 0. The average molecular weight is 560 g/mol. The fourth-order valence-corrected chi connectivity index (χ4v) is 7.16. The Kier molecular flexibility index (Phi) is 5.95. The van der Waals surface area contributed by atoms with Crippen LogP contribution in [0.25, 0.3) is 0 Å². The van der Waals surface area contributed by atoms with E-state index in [0.29, 0.717) is 11.8 Å². The van der Waals surface area contributed by atoms with Gasteiger partial charge in [0.25, 0.3) is 0 Å². The van der Waals surface area contributed by atoms with Gasteiger partial charge in [-0.1, -0.05) is 82.1 Å². The first-order valence-electron chi connectivity index (χ1n) is 11.5. The Labute approximate surface area is 206 Å². The van der Waals surface area contributed by atoms with Crippen LogP contribution in [0.5, 0.6) is 0 Å². The standard InChI is InChI=1S/C26H28Br2N2O2/c1-15-11-13-21-26(32)30-22(14-12-16(2)24(30)18-8-4-6-10-20(18)28)25(31)29(21)23(15)17-7-3-5-9-19(17)27/h3-10,15-16,21-24H,11-14H2,1-2H3/t15-,16-,21-,22-,23-,24-/m0/s1. The smallest absolute Gasteiger partial charge is 0.246 e. The Morgan fingerprint density at radius 3 is 1.41 bits per heavy atom. The van der Waals surface area contributed by atoms with Gasteiger partial charge < -0.3 is 9.80 Å². The number of piperidine rings is 2. The molecule has 0 radical (unpaired) electrons. The van der Waals surface area contributed by atoms with Crippen LogP contribution in [-0.4, -0.2) is 33.7 Å². The van der Waals surface area contributed by atoms with E-state index < -0.39 is 0 Å². The number of amides is 2. The highest BCUT2D eigenvalue weighted by Gasteiger charge is 2.55. The Balaban J connectivity index is 1.57. The van der Waals surface area contributed by atoms with E-state index in [0.717, 1.165) is 45.8 Å². The van der Waals surface area contributed by atoms with E-state index in [-0.39, 0.29) is 36.0 Å². The van der Waals surface area contributed by atoms with Gasteiger partial charge in [0.05, 0.1) is 12.1 Å². The largest absolute Gasteiger partial charge is 0.322 e. The number of carbonyl (C=O) groups is 2. The van der Waals surface area contributed by atoms with Crippen molar-refractivity contribution in [2.45, 2.75) is 63.7 Å². The van der Waals surface area contributed by atoms with Crippen LogP contribution in [0, 0.1) is 11.8 Å². The maximum Gasteiger partial charge on any atom is 0.246 e. The van der Waals surface area contributed by atoms with Gasteiger partial charge in [-0.25, -0.2) is 0 Å². The summed E-state index contributed by atoms with van der Waals surface area (Å²) in [5, 5.41) is 0. The molecule has 0 aromatic heterocycles. The molecule has 2 amide bonds. The molecule has 6 atom stereocenters. The molecule has 3 fully saturated rings. The van der Waals surface area contributed by atoms with Crippen LogP contribution in [0.1, 0.15) is 62.7 Å². The number of carbonyl (C=O) groups excluding carboxylic acids is 2. The Bertz CT molecular complexity index is 974. The van der Waals surface area contributed by atoms with Crippen molar-refractivity contribution >= 4 is 43.7 Å². The number of hydrogen-bond acceptors (Lipinski definition) is 2. The van der Waals surface area contributed by atoms with E-state index in [2.05, 4.69) is 57.8 Å². The minimum absolute atomic E-state index is 0.0795.